The fourth-order valence-corrected chi connectivity index (χ4v) is 3.10. The SMILES string of the molecule is CCC(C)c1ccc(NC(=O)CSc2nnc3ccccn23)cc1. The number of anilines is 1. The topological polar surface area (TPSA) is 59.3 Å². The zero-order valence-corrected chi connectivity index (χ0v) is 14.6. The van der Waals surface area contributed by atoms with Gasteiger partial charge in [-0.1, -0.05) is 43.8 Å². The molecule has 2 heterocycles. The van der Waals surface area contributed by atoms with Gasteiger partial charge >= 0.3 is 0 Å². The van der Waals surface area contributed by atoms with Crippen LogP contribution in [0.4, 0.5) is 5.69 Å². The molecule has 124 valence electrons. The van der Waals surface area contributed by atoms with Crippen LogP contribution in [0, 0.1) is 0 Å². The van der Waals surface area contributed by atoms with Crippen LogP contribution in [-0.2, 0) is 4.79 Å². The molecule has 2 aromatic heterocycles. The van der Waals surface area contributed by atoms with Crippen LogP contribution in [0.25, 0.3) is 5.65 Å². The maximum atomic E-state index is 12.1. The van der Waals surface area contributed by atoms with E-state index in [1.54, 1.807) is 0 Å². The van der Waals surface area contributed by atoms with Crippen molar-refractivity contribution in [2.45, 2.75) is 31.3 Å². The predicted molar refractivity (Wildman–Crippen MR) is 97.5 cm³/mol. The third-order valence-electron chi connectivity index (χ3n) is 3.99. The number of nitrogens with zero attached hydrogens (tertiary/aromatic N) is 3. The monoisotopic (exact) mass is 340 g/mol. The second-order valence-electron chi connectivity index (χ2n) is 5.68. The first-order chi connectivity index (χ1) is 11.7. The molecule has 1 N–H and O–H groups in total. The number of aromatic nitrogens is 3. The minimum Gasteiger partial charge on any atom is -0.325 e. The van der Waals surface area contributed by atoms with Gasteiger partial charge in [-0.2, -0.15) is 0 Å². The first-order valence-electron chi connectivity index (χ1n) is 7.99. The molecule has 5 nitrogen and oxygen atoms in total. The number of amides is 1. The Morgan fingerprint density at radius 1 is 1.21 bits per heavy atom. The van der Waals surface area contributed by atoms with Gasteiger partial charge < -0.3 is 5.32 Å². The minimum atomic E-state index is -0.0519. The second kappa shape index (κ2) is 7.49. The van der Waals surface area contributed by atoms with Crippen LogP contribution in [0.3, 0.4) is 0 Å². The van der Waals surface area contributed by atoms with Crippen molar-refractivity contribution in [3.8, 4) is 0 Å². The first-order valence-corrected chi connectivity index (χ1v) is 8.98. The number of thioether (sulfide) groups is 1. The van der Waals surface area contributed by atoms with Crippen molar-refractivity contribution >= 4 is 29.0 Å². The summed E-state index contributed by atoms with van der Waals surface area (Å²) in [6.45, 7) is 4.37. The van der Waals surface area contributed by atoms with Gasteiger partial charge in [-0.15, -0.1) is 10.2 Å². The zero-order chi connectivity index (χ0) is 16.9. The van der Waals surface area contributed by atoms with E-state index in [0.717, 1.165) is 17.8 Å². The van der Waals surface area contributed by atoms with Gasteiger partial charge in [-0.05, 0) is 42.2 Å². The number of pyridine rings is 1. The van der Waals surface area contributed by atoms with E-state index in [-0.39, 0.29) is 5.91 Å². The molecule has 3 aromatic rings. The van der Waals surface area contributed by atoms with Crippen molar-refractivity contribution in [1.29, 1.82) is 0 Å². The normalized spacial score (nSPS) is 12.2. The van der Waals surface area contributed by atoms with Crippen molar-refractivity contribution < 1.29 is 4.79 Å². The number of fused-ring (bicyclic) bond motifs is 1. The molecule has 1 aromatic carbocycles. The average Bonchev–Trinajstić information content (AvgIpc) is 3.03. The summed E-state index contributed by atoms with van der Waals surface area (Å²) < 4.78 is 1.87. The molecule has 0 aliphatic carbocycles. The smallest absolute Gasteiger partial charge is 0.234 e. The van der Waals surface area contributed by atoms with E-state index in [1.807, 2.05) is 40.9 Å². The second-order valence-corrected chi connectivity index (χ2v) is 6.62. The Bertz CT molecular complexity index is 828. The van der Waals surface area contributed by atoms with Gasteiger partial charge in [-0.3, -0.25) is 9.20 Å². The lowest BCUT2D eigenvalue weighted by Gasteiger charge is -2.10. The Kier molecular flexibility index (Phi) is 5.15. The number of hydrogen-bond donors (Lipinski definition) is 1. The summed E-state index contributed by atoms with van der Waals surface area (Å²) >= 11 is 1.37. The highest BCUT2D eigenvalue weighted by molar-refractivity contribution is 7.99. The van der Waals surface area contributed by atoms with E-state index in [2.05, 4.69) is 41.5 Å². The van der Waals surface area contributed by atoms with Crippen LogP contribution in [0.2, 0.25) is 0 Å². The molecule has 0 spiro atoms. The van der Waals surface area contributed by atoms with Crippen molar-refractivity contribution in [2.75, 3.05) is 11.1 Å². The van der Waals surface area contributed by atoms with Gasteiger partial charge in [0, 0.05) is 11.9 Å². The van der Waals surface area contributed by atoms with Gasteiger partial charge in [0.2, 0.25) is 5.91 Å². The summed E-state index contributed by atoms with van der Waals surface area (Å²) in [5.41, 5.74) is 2.89. The van der Waals surface area contributed by atoms with Crippen molar-refractivity contribution in [3.63, 3.8) is 0 Å². The molecule has 6 heteroatoms. The largest absolute Gasteiger partial charge is 0.325 e. The van der Waals surface area contributed by atoms with E-state index in [4.69, 9.17) is 0 Å². The molecular formula is C18H20N4OS. The van der Waals surface area contributed by atoms with E-state index in [1.165, 1.54) is 17.3 Å². The molecule has 3 rings (SSSR count). The van der Waals surface area contributed by atoms with Crippen molar-refractivity contribution in [1.82, 2.24) is 14.6 Å². The van der Waals surface area contributed by atoms with Crippen LogP contribution in [0.1, 0.15) is 31.7 Å². The summed E-state index contributed by atoms with van der Waals surface area (Å²) in [4.78, 5) is 12.1. The van der Waals surface area contributed by atoms with Crippen LogP contribution >= 0.6 is 11.8 Å². The van der Waals surface area contributed by atoms with E-state index < -0.39 is 0 Å². The Morgan fingerprint density at radius 2 is 2.00 bits per heavy atom. The number of rotatable bonds is 6. The van der Waals surface area contributed by atoms with E-state index in [9.17, 15) is 4.79 Å². The molecule has 0 aliphatic heterocycles. The predicted octanol–water partition coefficient (Wildman–Crippen LogP) is 3.97. The third-order valence-corrected chi connectivity index (χ3v) is 4.93. The fraction of sp³-hybridized carbons (Fsp3) is 0.278. The van der Waals surface area contributed by atoms with Crippen LogP contribution < -0.4 is 5.32 Å². The first kappa shape index (κ1) is 16.5. The van der Waals surface area contributed by atoms with E-state index >= 15 is 0 Å². The van der Waals surface area contributed by atoms with Gasteiger partial charge in [0.25, 0.3) is 0 Å². The number of benzene rings is 1. The molecule has 0 saturated heterocycles. The lowest BCUT2D eigenvalue weighted by atomic mass is 9.99. The molecule has 24 heavy (non-hydrogen) atoms. The number of hydrogen-bond acceptors (Lipinski definition) is 4. The molecule has 1 amide bonds. The van der Waals surface area contributed by atoms with Crippen LogP contribution in [-0.4, -0.2) is 26.3 Å². The summed E-state index contributed by atoms with van der Waals surface area (Å²) in [5, 5.41) is 11.8. The fourth-order valence-electron chi connectivity index (χ4n) is 2.38. The number of nitrogens with one attached hydrogen (secondary N) is 1. The number of carbonyl (C=O) groups excluding carboxylic acids is 1. The molecular weight excluding hydrogens is 320 g/mol. The van der Waals surface area contributed by atoms with Crippen molar-refractivity contribution in [2.24, 2.45) is 0 Å². The standard InChI is InChI=1S/C18H20N4OS/c1-3-13(2)14-7-9-15(10-8-14)19-17(23)12-24-18-21-20-16-6-4-5-11-22(16)18/h4-11,13H,3,12H2,1-2H3,(H,19,23). The van der Waals surface area contributed by atoms with Crippen molar-refractivity contribution in [3.05, 3.63) is 54.2 Å². The number of carbonyl (C=O) groups is 1. The quantitative estimate of drug-likeness (QED) is 0.690. The Morgan fingerprint density at radius 3 is 2.75 bits per heavy atom. The molecule has 1 unspecified atom stereocenters. The highest BCUT2D eigenvalue weighted by Gasteiger charge is 2.09. The van der Waals surface area contributed by atoms with Gasteiger partial charge in [0.05, 0.1) is 5.75 Å². The summed E-state index contributed by atoms with van der Waals surface area (Å²) in [7, 11) is 0. The lowest BCUT2D eigenvalue weighted by Crippen LogP contribution is -2.14. The molecule has 1 atom stereocenters. The molecule has 0 radical (unpaired) electrons. The highest BCUT2D eigenvalue weighted by Crippen LogP contribution is 2.21. The van der Waals surface area contributed by atoms with Gasteiger partial charge in [0.1, 0.15) is 0 Å². The molecule has 0 saturated carbocycles. The third kappa shape index (κ3) is 3.76. The van der Waals surface area contributed by atoms with Gasteiger partial charge in [0.15, 0.2) is 10.8 Å². The Labute approximate surface area is 145 Å². The minimum absolute atomic E-state index is 0.0519. The summed E-state index contributed by atoms with van der Waals surface area (Å²) in [6, 6.07) is 13.8. The molecule has 0 fully saturated rings. The average molecular weight is 340 g/mol. The maximum Gasteiger partial charge on any atom is 0.234 e. The van der Waals surface area contributed by atoms with Gasteiger partial charge in [-0.25, -0.2) is 0 Å². The Hall–Kier alpha value is -2.34. The highest BCUT2D eigenvalue weighted by atomic mass is 32.2. The maximum absolute atomic E-state index is 12.1. The molecule has 0 aliphatic rings. The Balaban J connectivity index is 1.57. The lowest BCUT2D eigenvalue weighted by molar-refractivity contribution is -0.113. The summed E-state index contributed by atoms with van der Waals surface area (Å²) in [5.74, 6) is 0.776. The zero-order valence-electron chi connectivity index (χ0n) is 13.8. The van der Waals surface area contributed by atoms with E-state index in [0.29, 0.717) is 16.8 Å². The summed E-state index contributed by atoms with van der Waals surface area (Å²) in [6.07, 6.45) is 3.00. The van der Waals surface area contributed by atoms with Crippen LogP contribution in [0.5, 0.6) is 0 Å². The van der Waals surface area contributed by atoms with Crippen LogP contribution in [0.15, 0.2) is 53.8 Å². The molecule has 0 bridgehead atoms.